The van der Waals surface area contributed by atoms with Crippen LogP contribution in [0.2, 0.25) is 10.4 Å². The molecule has 0 N–H and O–H groups in total. The molecule has 0 aliphatic carbocycles. The molecule has 0 fully saturated rings. The lowest BCUT2D eigenvalue weighted by Crippen LogP contribution is -1.92. The van der Waals surface area contributed by atoms with E-state index in [-0.39, 0.29) is 10.4 Å². The molecule has 0 radical (unpaired) electrons. The van der Waals surface area contributed by atoms with Crippen LogP contribution in [0.25, 0.3) is 16.2 Å². The summed E-state index contributed by atoms with van der Waals surface area (Å²) in [6.07, 6.45) is 1.63. The first-order valence-electron chi connectivity index (χ1n) is 4.65. The Hall–Kier alpha value is -1.24. The van der Waals surface area contributed by atoms with Crippen molar-refractivity contribution in [1.82, 2.24) is 23.9 Å². The normalized spacial score (nSPS) is 11.2. The predicted octanol–water partition coefficient (Wildman–Crippen LogP) is 2.89. The fourth-order valence-electron chi connectivity index (χ4n) is 1.47. The van der Waals surface area contributed by atoms with E-state index in [1.807, 2.05) is 13.0 Å². The van der Waals surface area contributed by atoms with E-state index in [1.54, 1.807) is 10.9 Å². The van der Waals surface area contributed by atoms with Crippen molar-refractivity contribution < 1.29 is 0 Å². The van der Waals surface area contributed by atoms with Crippen molar-refractivity contribution in [3.8, 4) is 5.00 Å². The molecule has 0 saturated carbocycles. The minimum absolute atomic E-state index is 0.102. The van der Waals surface area contributed by atoms with Gasteiger partial charge in [-0.25, -0.2) is 9.97 Å². The SMILES string of the molecule is Cc1cc(-n2cnc3c(Cl)nc(Cl)nc32)sn1. The third kappa shape index (κ3) is 1.78. The molecule has 0 aliphatic rings. The van der Waals surface area contributed by atoms with Crippen molar-refractivity contribution >= 4 is 45.9 Å². The molecule has 0 saturated heterocycles. The average Bonchev–Trinajstić information content (AvgIpc) is 2.83. The van der Waals surface area contributed by atoms with E-state index in [0.29, 0.717) is 11.2 Å². The van der Waals surface area contributed by atoms with Gasteiger partial charge in [-0.1, -0.05) is 11.6 Å². The number of nitrogens with zero attached hydrogens (tertiary/aromatic N) is 5. The molecule has 3 aromatic heterocycles. The fourth-order valence-corrected chi connectivity index (χ4v) is 2.62. The molecule has 0 bridgehead atoms. The Morgan fingerprint density at radius 2 is 2.12 bits per heavy atom. The molecule has 0 unspecified atom stereocenters. The van der Waals surface area contributed by atoms with Gasteiger partial charge in [0.25, 0.3) is 0 Å². The maximum Gasteiger partial charge on any atom is 0.225 e. The van der Waals surface area contributed by atoms with E-state index in [2.05, 4.69) is 19.3 Å². The Morgan fingerprint density at radius 3 is 2.82 bits per heavy atom. The van der Waals surface area contributed by atoms with E-state index in [1.165, 1.54) is 11.5 Å². The topological polar surface area (TPSA) is 56.5 Å². The molecule has 0 atom stereocenters. The zero-order valence-electron chi connectivity index (χ0n) is 8.55. The minimum Gasteiger partial charge on any atom is -0.273 e. The van der Waals surface area contributed by atoms with Gasteiger partial charge in [0.15, 0.2) is 10.8 Å². The molecule has 0 amide bonds. The number of hydrogen-bond donors (Lipinski definition) is 0. The number of fused-ring (bicyclic) bond motifs is 1. The Bertz CT molecular complexity index is 705. The molecular formula is C9H5Cl2N5S. The summed E-state index contributed by atoms with van der Waals surface area (Å²) in [6.45, 7) is 1.92. The van der Waals surface area contributed by atoms with Crippen LogP contribution in [0, 0.1) is 6.92 Å². The summed E-state index contributed by atoms with van der Waals surface area (Å²) >= 11 is 13.1. The van der Waals surface area contributed by atoms with Crippen LogP contribution in [-0.2, 0) is 0 Å². The first-order valence-corrected chi connectivity index (χ1v) is 6.18. The van der Waals surface area contributed by atoms with Crippen LogP contribution in [-0.4, -0.2) is 23.9 Å². The molecule has 0 aromatic carbocycles. The zero-order chi connectivity index (χ0) is 12.0. The second-order valence-electron chi connectivity index (χ2n) is 3.38. The van der Waals surface area contributed by atoms with Crippen LogP contribution in [0.5, 0.6) is 0 Å². The number of hydrogen-bond acceptors (Lipinski definition) is 5. The second kappa shape index (κ2) is 3.90. The minimum atomic E-state index is 0.102. The lowest BCUT2D eigenvalue weighted by Gasteiger charge is -1.98. The molecule has 3 heterocycles. The van der Waals surface area contributed by atoms with Crippen LogP contribution in [0.1, 0.15) is 5.69 Å². The van der Waals surface area contributed by atoms with Crippen molar-refractivity contribution in [2.24, 2.45) is 0 Å². The van der Waals surface area contributed by atoms with E-state index in [4.69, 9.17) is 23.2 Å². The average molecular weight is 286 g/mol. The molecular weight excluding hydrogens is 281 g/mol. The molecule has 3 aromatic rings. The number of rotatable bonds is 1. The highest BCUT2D eigenvalue weighted by Crippen LogP contribution is 2.25. The van der Waals surface area contributed by atoms with E-state index < -0.39 is 0 Å². The van der Waals surface area contributed by atoms with Gasteiger partial charge in [0, 0.05) is 0 Å². The summed E-state index contributed by atoms with van der Waals surface area (Å²) in [5.74, 6) is 0. The van der Waals surface area contributed by atoms with Crippen LogP contribution in [0.15, 0.2) is 12.4 Å². The van der Waals surface area contributed by atoms with E-state index >= 15 is 0 Å². The van der Waals surface area contributed by atoms with Crippen LogP contribution >= 0.6 is 34.7 Å². The summed E-state index contributed by atoms with van der Waals surface area (Å²) < 4.78 is 6.00. The van der Waals surface area contributed by atoms with Gasteiger partial charge in [0.1, 0.15) is 16.8 Å². The van der Waals surface area contributed by atoms with Gasteiger partial charge in [0.05, 0.1) is 5.69 Å². The second-order valence-corrected chi connectivity index (χ2v) is 4.86. The van der Waals surface area contributed by atoms with Crippen molar-refractivity contribution in [3.05, 3.63) is 28.5 Å². The number of halogens is 2. The zero-order valence-corrected chi connectivity index (χ0v) is 10.9. The number of aromatic nitrogens is 5. The molecule has 86 valence electrons. The largest absolute Gasteiger partial charge is 0.273 e. The smallest absolute Gasteiger partial charge is 0.225 e. The third-order valence-electron chi connectivity index (χ3n) is 2.18. The highest BCUT2D eigenvalue weighted by Gasteiger charge is 2.13. The highest BCUT2D eigenvalue weighted by molar-refractivity contribution is 7.08. The van der Waals surface area contributed by atoms with Gasteiger partial charge in [0.2, 0.25) is 5.28 Å². The summed E-state index contributed by atoms with van der Waals surface area (Å²) in [4.78, 5) is 12.1. The Kier molecular flexibility index (Phi) is 2.50. The van der Waals surface area contributed by atoms with Gasteiger partial charge in [-0.15, -0.1) is 0 Å². The molecule has 17 heavy (non-hydrogen) atoms. The van der Waals surface area contributed by atoms with E-state index in [0.717, 1.165) is 10.7 Å². The first-order chi connectivity index (χ1) is 8.15. The molecule has 8 heteroatoms. The Balaban J connectivity index is 2.31. The summed E-state index contributed by atoms with van der Waals surface area (Å²) in [6, 6.07) is 1.94. The predicted molar refractivity (Wildman–Crippen MR) is 67.1 cm³/mol. The summed E-state index contributed by atoms with van der Waals surface area (Å²) in [5.41, 5.74) is 2.05. The van der Waals surface area contributed by atoms with Crippen LogP contribution in [0.4, 0.5) is 0 Å². The van der Waals surface area contributed by atoms with Crippen LogP contribution < -0.4 is 0 Å². The fraction of sp³-hybridized carbons (Fsp3) is 0.111. The Labute approximate surface area is 110 Å². The van der Waals surface area contributed by atoms with Gasteiger partial charge in [-0.05, 0) is 36.1 Å². The first kappa shape index (κ1) is 10.9. The quantitative estimate of drug-likeness (QED) is 0.510. The molecule has 0 aliphatic heterocycles. The van der Waals surface area contributed by atoms with Gasteiger partial charge in [-0.2, -0.15) is 9.36 Å². The van der Waals surface area contributed by atoms with Gasteiger partial charge >= 0.3 is 0 Å². The molecule has 5 nitrogen and oxygen atoms in total. The van der Waals surface area contributed by atoms with Gasteiger partial charge < -0.3 is 0 Å². The summed E-state index contributed by atoms with van der Waals surface area (Å²) in [7, 11) is 0. The lowest BCUT2D eigenvalue weighted by atomic mass is 10.5. The number of aryl methyl sites for hydroxylation is 1. The van der Waals surface area contributed by atoms with Crippen molar-refractivity contribution in [3.63, 3.8) is 0 Å². The van der Waals surface area contributed by atoms with E-state index in [9.17, 15) is 0 Å². The molecule has 3 rings (SSSR count). The monoisotopic (exact) mass is 285 g/mol. The maximum atomic E-state index is 5.94. The van der Waals surface area contributed by atoms with Crippen LogP contribution in [0.3, 0.4) is 0 Å². The van der Waals surface area contributed by atoms with Crippen molar-refractivity contribution in [2.45, 2.75) is 6.92 Å². The summed E-state index contributed by atoms with van der Waals surface area (Å²) in [5, 5.41) is 1.27. The third-order valence-corrected chi connectivity index (χ3v) is 3.49. The molecule has 0 spiro atoms. The maximum absolute atomic E-state index is 5.94. The standard InChI is InChI=1S/C9H5Cl2N5S/c1-4-2-5(17-15-4)16-3-12-6-7(10)13-9(11)14-8(6)16/h2-3H,1H3. The highest BCUT2D eigenvalue weighted by atomic mass is 35.5. The number of imidazole rings is 1. The van der Waals surface area contributed by atoms with Crippen molar-refractivity contribution in [1.29, 1.82) is 0 Å². The lowest BCUT2D eigenvalue weighted by molar-refractivity contribution is 1.08. The van der Waals surface area contributed by atoms with Crippen molar-refractivity contribution in [2.75, 3.05) is 0 Å². The Morgan fingerprint density at radius 1 is 1.29 bits per heavy atom. The van der Waals surface area contributed by atoms with Gasteiger partial charge in [-0.3, -0.25) is 4.57 Å².